The Morgan fingerprint density at radius 2 is 1.86 bits per heavy atom. The number of ether oxygens (including phenoxy) is 1. The molecule has 1 amide bonds. The van der Waals surface area contributed by atoms with Crippen molar-refractivity contribution in [3.8, 4) is 5.75 Å². The summed E-state index contributed by atoms with van der Waals surface area (Å²) < 4.78 is 5.36. The van der Waals surface area contributed by atoms with Gasteiger partial charge in [-0.25, -0.2) is 0 Å². The summed E-state index contributed by atoms with van der Waals surface area (Å²) in [5.41, 5.74) is 0. The number of nitrogens with one attached hydrogen (secondary N) is 2. The Hall–Kier alpha value is -0.680. The predicted octanol–water partition coefficient (Wildman–Crippen LogP) is 1.92. The van der Waals surface area contributed by atoms with E-state index in [-0.39, 0.29) is 12.5 Å². The Balaban J connectivity index is 2.41. The first-order valence-corrected chi connectivity index (χ1v) is 7.76. The molecule has 0 spiro atoms. The van der Waals surface area contributed by atoms with E-state index in [2.05, 4.69) is 26.3 Å². The molecule has 21 heavy (non-hydrogen) atoms. The normalized spacial score (nSPS) is 12.3. The van der Waals surface area contributed by atoms with Crippen LogP contribution in [0.3, 0.4) is 0 Å². The number of carbonyl (C=O) groups is 1. The van der Waals surface area contributed by atoms with Gasteiger partial charge >= 0.3 is 0 Å². The highest BCUT2D eigenvalue weighted by Gasteiger charge is 2.11. The van der Waals surface area contributed by atoms with E-state index in [0.29, 0.717) is 33.3 Å². The van der Waals surface area contributed by atoms with Crippen LogP contribution in [0.5, 0.6) is 5.75 Å². The zero-order valence-electron chi connectivity index (χ0n) is 12.3. The zero-order chi connectivity index (χ0) is 16.0. The lowest BCUT2D eigenvalue weighted by Gasteiger charge is -2.15. The quantitative estimate of drug-likeness (QED) is 0.735. The molecular formula is C14H20Cl3N2O2+. The van der Waals surface area contributed by atoms with Gasteiger partial charge in [0.2, 0.25) is 0 Å². The molecule has 4 nitrogen and oxygen atoms in total. The van der Waals surface area contributed by atoms with Gasteiger partial charge in [-0.1, -0.05) is 41.7 Å². The van der Waals surface area contributed by atoms with Gasteiger partial charge < -0.3 is 15.0 Å². The van der Waals surface area contributed by atoms with Crippen molar-refractivity contribution in [3.05, 3.63) is 27.2 Å². The highest BCUT2D eigenvalue weighted by Crippen LogP contribution is 2.33. The highest BCUT2D eigenvalue weighted by molar-refractivity contribution is 6.43. The predicted molar refractivity (Wildman–Crippen MR) is 86.8 cm³/mol. The minimum Gasteiger partial charge on any atom is -0.482 e. The fourth-order valence-electron chi connectivity index (χ4n) is 1.87. The Labute approximate surface area is 140 Å². The molecule has 0 radical (unpaired) electrons. The molecule has 0 unspecified atom stereocenters. The largest absolute Gasteiger partial charge is 0.482 e. The van der Waals surface area contributed by atoms with Crippen LogP contribution in [-0.2, 0) is 4.79 Å². The lowest BCUT2D eigenvalue weighted by atomic mass is 10.2. The lowest BCUT2D eigenvalue weighted by molar-refractivity contribution is -0.861. The number of carbonyl (C=O) groups excluding carboxylic acids is 1. The van der Waals surface area contributed by atoms with Crippen LogP contribution >= 0.6 is 34.8 Å². The molecule has 118 valence electrons. The number of amides is 1. The Morgan fingerprint density at radius 1 is 1.24 bits per heavy atom. The van der Waals surface area contributed by atoms with Gasteiger partial charge in [-0.2, -0.15) is 0 Å². The smallest absolute Gasteiger partial charge is 0.257 e. The first kappa shape index (κ1) is 18.4. The summed E-state index contributed by atoms with van der Waals surface area (Å²) in [4.78, 5) is 13.1. The molecule has 1 aromatic carbocycles. The van der Waals surface area contributed by atoms with Crippen LogP contribution in [0, 0.1) is 5.92 Å². The van der Waals surface area contributed by atoms with Crippen LogP contribution < -0.4 is 15.0 Å². The maximum atomic E-state index is 11.7. The SMILES string of the molecule is C[C@H](CNC(=O)COc1cc(Cl)c(Cl)cc1Cl)C[NH+](C)C. The van der Waals surface area contributed by atoms with Gasteiger partial charge in [0.1, 0.15) is 5.75 Å². The fourth-order valence-corrected chi connectivity index (χ4v) is 2.46. The van der Waals surface area contributed by atoms with Gasteiger partial charge in [0.25, 0.3) is 5.91 Å². The summed E-state index contributed by atoms with van der Waals surface area (Å²) in [5, 5.41) is 3.82. The van der Waals surface area contributed by atoms with Crippen LogP contribution in [0.4, 0.5) is 0 Å². The van der Waals surface area contributed by atoms with Crippen LogP contribution in [0.15, 0.2) is 12.1 Å². The molecule has 0 heterocycles. The van der Waals surface area contributed by atoms with Crippen molar-refractivity contribution in [2.45, 2.75) is 6.92 Å². The minimum absolute atomic E-state index is 0.112. The van der Waals surface area contributed by atoms with Gasteiger partial charge in [0.05, 0.1) is 35.7 Å². The summed E-state index contributed by atoms with van der Waals surface area (Å²) in [6, 6.07) is 2.98. The zero-order valence-corrected chi connectivity index (χ0v) is 14.6. The van der Waals surface area contributed by atoms with Gasteiger partial charge in [-0.3, -0.25) is 4.79 Å². The molecule has 2 N–H and O–H groups in total. The molecule has 1 aromatic rings. The van der Waals surface area contributed by atoms with E-state index in [1.165, 1.54) is 17.0 Å². The van der Waals surface area contributed by atoms with Crippen molar-refractivity contribution in [1.82, 2.24) is 5.32 Å². The number of rotatable bonds is 7. The molecule has 1 rings (SSSR count). The first-order chi connectivity index (χ1) is 9.79. The molecule has 0 aliphatic rings. The summed E-state index contributed by atoms with van der Waals surface area (Å²) in [6.07, 6.45) is 0. The molecule has 1 atom stereocenters. The molecule has 0 saturated carbocycles. The first-order valence-electron chi connectivity index (χ1n) is 6.62. The molecular weight excluding hydrogens is 335 g/mol. The molecule has 0 bridgehead atoms. The Morgan fingerprint density at radius 3 is 2.48 bits per heavy atom. The van der Waals surface area contributed by atoms with Crippen molar-refractivity contribution >= 4 is 40.7 Å². The van der Waals surface area contributed by atoms with Crippen LogP contribution in [0.1, 0.15) is 6.92 Å². The van der Waals surface area contributed by atoms with E-state index < -0.39 is 0 Å². The molecule has 0 aliphatic carbocycles. The summed E-state index contributed by atoms with van der Waals surface area (Å²) >= 11 is 17.7. The second-order valence-electron chi connectivity index (χ2n) is 5.31. The van der Waals surface area contributed by atoms with Crippen LogP contribution in [0.2, 0.25) is 15.1 Å². The third-order valence-corrected chi connectivity index (χ3v) is 3.76. The number of hydrogen-bond acceptors (Lipinski definition) is 2. The summed E-state index contributed by atoms with van der Waals surface area (Å²) in [6.45, 7) is 3.57. The van der Waals surface area contributed by atoms with E-state index in [1.54, 1.807) is 0 Å². The molecule has 0 aliphatic heterocycles. The van der Waals surface area contributed by atoms with Gasteiger partial charge in [-0.15, -0.1) is 0 Å². The number of halogens is 3. The molecule has 7 heteroatoms. The van der Waals surface area contributed by atoms with E-state index in [9.17, 15) is 4.79 Å². The highest BCUT2D eigenvalue weighted by atomic mass is 35.5. The van der Waals surface area contributed by atoms with Crippen molar-refractivity contribution in [2.24, 2.45) is 5.92 Å². The Kier molecular flexibility index (Phi) is 7.60. The monoisotopic (exact) mass is 353 g/mol. The van der Waals surface area contributed by atoms with E-state index in [1.807, 2.05) is 0 Å². The van der Waals surface area contributed by atoms with Gasteiger partial charge in [0, 0.05) is 18.5 Å². The van der Waals surface area contributed by atoms with Crippen molar-refractivity contribution in [3.63, 3.8) is 0 Å². The van der Waals surface area contributed by atoms with E-state index in [0.717, 1.165) is 6.54 Å². The van der Waals surface area contributed by atoms with Crippen molar-refractivity contribution in [1.29, 1.82) is 0 Å². The average molecular weight is 355 g/mol. The fraction of sp³-hybridized carbons (Fsp3) is 0.500. The van der Waals surface area contributed by atoms with Gasteiger partial charge in [-0.05, 0) is 6.07 Å². The maximum Gasteiger partial charge on any atom is 0.257 e. The van der Waals surface area contributed by atoms with Crippen LogP contribution in [-0.4, -0.2) is 39.7 Å². The molecule has 0 aromatic heterocycles. The third kappa shape index (κ3) is 6.74. The second kappa shape index (κ2) is 8.69. The number of quaternary nitrogens is 1. The standard InChI is InChI=1S/C14H19Cl3N2O2/c1-9(7-19(2)3)6-18-14(20)8-21-13-5-11(16)10(15)4-12(13)17/h4-5,9H,6-8H2,1-3H3,(H,18,20)/p+1/t9-/m1/s1. The summed E-state index contributed by atoms with van der Waals surface area (Å²) in [5.74, 6) is 0.539. The number of benzene rings is 1. The number of hydrogen-bond donors (Lipinski definition) is 2. The Bertz CT molecular complexity index is 495. The average Bonchev–Trinajstić information content (AvgIpc) is 2.38. The molecule has 0 saturated heterocycles. The second-order valence-corrected chi connectivity index (χ2v) is 6.53. The third-order valence-electron chi connectivity index (χ3n) is 2.74. The van der Waals surface area contributed by atoms with Gasteiger partial charge in [0.15, 0.2) is 6.61 Å². The summed E-state index contributed by atoms with van der Waals surface area (Å²) in [7, 11) is 4.15. The minimum atomic E-state index is -0.197. The maximum absolute atomic E-state index is 11.7. The lowest BCUT2D eigenvalue weighted by Crippen LogP contribution is -3.06. The molecule has 0 fully saturated rings. The van der Waals surface area contributed by atoms with Crippen molar-refractivity contribution in [2.75, 3.05) is 33.8 Å². The van der Waals surface area contributed by atoms with E-state index >= 15 is 0 Å². The topological polar surface area (TPSA) is 42.8 Å². The van der Waals surface area contributed by atoms with E-state index in [4.69, 9.17) is 39.5 Å². The van der Waals surface area contributed by atoms with Crippen molar-refractivity contribution < 1.29 is 14.4 Å². The van der Waals surface area contributed by atoms with Crippen LogP contribution in [0.25, 0.3) is 0 Å².